The number of benzene rings is 10. The molecule has 66 heavy (non-hydrogen) atoms. The Morgan fingerprint density at radius 3 is 0.939 bits per heavy atom. The molecule has 10 aromatic rings. The van der Waals surface area contributed by atoms with E-state index in [1.165, 1.54) is 98.7 Å². The van der Waals surface area contributed by atoms with Gasteiger partial charge < -0.3 is 0 Å². The molecule has 317 valence electrons. The third-order valence-electron chi connectivity index (χ3n) is 15.0. The molecule has 2 aliphatic carbocycles. The second kappa shape index (κ2) is 16.9. The summed E-state index contributed by atoms with van der Waals surface area (Å²) in [5.74, 6) is -1.29. The summed E-state index contributed by atoms with van der Waals surface area (Å²) in [5.41, 5.74) is 20.5. The first-order valence-corrected chi connectivity index (χ1v) is 34.0. The third-order valence-corrected chi connectivity index (χ3v) is 36.7. The van der Waals surface area contributed by atoms with Crippen LogP contribution in [0.15, 0.2) is 205 Å². The van der Waals surface area contributed by atoms with Crippen LogP contribution in [0, 0.1) is 0 Å². The number of hydrogen-bond donors (Lipinski definition) is 0. The molecule has 0 aliphatic heterocycles. The van der Waals surface area contributed by atoms with Crippen LogP contribution in [0.25, 0.3) is 99.7 Å². The van der Waals surface area contributed by atoms with Crippen molar-refractivity contribution in [2.24, 2.45) is 0 Å². The van der Waals surface area contributed by atoms with Gasteiger partial charge in [-0.25, -0.2) is 0 Å². The zero-order valence-electron chi connectivity index (χ0n) is 38.3. The second-order valence-electron chi connectivity index (χ2n) is 18.7. The van der Waals surface area contributed by atoms with E-state index >= 15 is 0 Å². The van der Waals surface area contributed by atoms with Gasteiger partial charge in [0.1, 0.15) is 0 Å². The summed E-state index contributed by atoms with van der Waals surface area (Å²) in [6.07, 6.45) is 7.52. The Balaban J connectivity index is 1.15. The molecule has 0 saturated heterocycles. The molecule has 0 amide bonds. The summed E-state index contributed by atoms with van der Waals surface area (Å²) in [5, 5.41) is 10.5. The standard InChI is InChI=1S/2C31H23.C2H7Si.Zr/c2*1-2-21-19-30-28(26-15-7-11-22-9-3-5-13-24(22)26)17-18-29(31(30)20-21)27-16-8-12-23-10-4-6-14-25(23)27;1-3-2;/h2*3-20H,2H2,1H3;3H,1-2H3;. The molecular formula is C64H53SiZr. The normalized spacial score (nSPS) is 15.4. The molecule has 10 aromatic carbocycles. The second-order valence-corrected chi connectivity index (χ2v) is 38.8. The monoisotopic (exact) mass is 939 g/mol. The number of fused-ring (bicyclic) bond motifs is 6. The quantitative estimate of drug-likeness (QED) is 0.127. The molecule has 0 bridgehead atoms. The van der Waals surface area contributed by atoms with E-state index in [4.69, 9.17) is 0 Å². The molecule has 12 rings (SSSR count). The minimum absolute atomic E-state index is 0.454. The average molecular weight is 941 g/mol. The van der Waals surface area contributed by atoms with Gasteiger partial charge in [0, 0.05) is 0 Å². The molecule has 0 spiro atoms. The predicted octanol–water partition coefficient (Wildman–Crippen LogP) is 18.0. The third kappa shape index (κ3) is 6.63. The van der Waals surface area contributed by atoms with Gasteiger partial charge in [0.25, 0.3) is 0 Å². The zero-order valence-corrected chi connectivity index (χ0v) is 41.9. The Bertz CT molecular complexity index is 3370. The van der Waals surface area contributed by atoms with Crippen LogP contribution in [0.4, 0.5) is 0 Å². The molecule has 0 N–H and O–H groups in total. The molecule has 2 atom stereocenters. The molecule has 2 heteroatoms. The summed E-state index contributed by atoms with van der Waals surface area (Å²) < 4.78 is 0.908. The summed E-state index contributed by atoms with van der Waals surface area (Å²) in [6.45, 7) is 10.4. The van der Waals surface area contributed by atoms with Crippen molar-refractivity contribution >= 4 is 61.2 Å². The van der Waals surface area contributed by atoms with Crippen LogP contribution in [0.2, 0.25) is 13.1 Å². The topological polar surface area (TPSA) is 0 Å². The van der Waals surface area contributed by atoms with Gasteiger partial charge in [0.15, 0.2) is 0 Å². The van der Waals surface area contributed by atoms with E-state index in [0.29, 0.717) is 7.25 Å². The molecule has 0 nitrogen and oxygen atoms in total. The van der Waals surface area contributed by atoms with Crippen LogP contribution in [0.3, 0.4) is 0 Å². The van der Waals surface area contributed by atoms with Crippen molar-refractivity contribution in [2.45, 2.75) is 47.0 Å². The van der Waals surface area contributed by atoms with Crippen molar-refractivity contribution in [1.82, 2.24) is 0 Å². The van der Waals surface area contributed by atoms with Crippen LogP contribution < -0.4 is 0 Å². The molecular weight excluding hydrogens is 888 g/mol. The molecule has 0 heterocycles. The molecule has 0 aromatic heterocycles. The first-order valence-electron chi connectivity index (χ1n) is 24.1. The average Bonchev–Trinajstić information content (AvgIpc) is 3.95. The fourth-order valence-corrected chi connectivity index (χ4v) is 35.3. The first-order chi connectivity index (χ1) is 32.5. The molecule has 2 unspecified atom stereocenters. The van der Waals surface area contributed by atoms with Crippen molar-refractivity contribution in [2.75, 3.05) is 0 Å². The fourth-order valence-electron chi connectivity index (χ4n) is 12.1. The van der Waals surface area contributed by atoms with Crippen molar-refractivity contribution in [1.29, 1.82) is 0 Å². The SMILES string of the molecule is CCC1=Cc2c(-c3cccc4ccccc34)ccc(-c3cccc4ccccc34)c2[CH]1[Zr]([CH]1C(CC)=Cc2c(-c3cccc4ccccc34)ccc(-c3cccc4ccccc34)c21)[SiH](C)C. The van der Waals surface area contributed by atoms with E-state index in [1.54, 1.807) is 22.3 Å². The summed E-state index contributed by atoms with van der Waals surface area (Å²) in [6, 6.07) is 73.8. The van der Waals surface area contributed by atoms with E-state index in [-0.39, 0.29) is 0 Å². The van der Waals surface area contributed by atoms with Gasteiger partial charge in [-0.05, 0) is 0 Å². The summed E-state index contributed by atoms with van der Waals surface area (Å²) >= 11 is -2.71. The summed E-state index contributed by atoms with van der Waals surface area (Å²) in [4.78, 5) is 0. The molecule has 2 aliphatic rings. The molecule has 0 saturated carbocycles. The Kier molecular flexibility index (Phi) is 10.6. The maximum atomic E-state index is 2.74. The Morgan fingerprint density at radius 1 is 0.333 bits per heavy atom. The van der Waals surface area contributed by atoms with E-state index in [2.05, 4.69) is 233 Å². The predicted molar refractivity (Wildman–Crippen MR) is 286 cm³/mol. The minimum atomic E-state index is -2.71. The summed E-state index contributed by atoms with van der Waals surface area (Å²) in [7, 11) is 0. The van der Waals surface area contributed by atoms with Crippen molar-refractivity contribution in [3.8, 4) is 44.5 Å². The Labute approximate surface area is 398 Å². The van der Waals surface area contributed by atoms with Crippen LogP contribution in [0.5, 0.6) is 0 Å². The maximum absolute atomic E-state index is 2.74. The van der Waals surface area contributed by atoms with Crippen molar-refractivity contribution in [3.63, 3.8) is 0 Å². The van der Waals surface area contributed by atoms with Gasteiger partial charge in [-0.1, -0.05) is 0 Å². The van der Waals surface area contributed by atoms with Gasteiger partial charge >= 0.3 is 401 Å². The number of hydrogen-bond acceptors (Lipinski definition) is 0. The van der Waals surface area contributed by atoms with E-state index < -0.39 is 26.8 Å². The Hall–Kier alpha value is -6.18. The van der Waals surface area contributed by atoms with Crippen LogP contribution in [-0.2, 0) is 20.9 Å². The fraction of sp³-hybridized carbons (Fsp3) is 0.125. The van der Waals surface area contributed by atoms with Crippen LogP contribution in [-0.4, -0.2) is 5.92 Å². The van der Waals surface area contributed by atoms with Gasteiger partial charge in [-0.2, -0.15) is 0 Å². The number of rotatable bonds is 9. The van der Waals surface area contributed by atoms with E-state index in [9.17, 15) is 0 Å². The first kappa shape index (κ1) is 41.3. The van der Waals surface area contributed by atoms with Gasteiger partial charge in [0.05, 0.1) is 0 Å². The van der Waals surface area contributed by atoms with E-state index in [0.717, 1.165) is 12.8 Å². The molecule has 0 fully saturated rings. The Morgan fingerprint density at radius 2 is 0.621 bits per heavy atom. The van der Waals surface area contributed by atoms with Gasteiger partial charge in [0.2, 0.25) is 0 Å². The molecule has 0 radical (unpaired) electrons. The van der Waals surface area contributed by atoms with Crippen LogP contribution >= 0.6 is 0 Å². The van der Waals surface area contributed by atoms with Gasteiger partial charge in [-0.15, -0.1) is 0 Å². The van der Waals surface area contributed by atoms with E-state index in [1.807, 2.05) is 0 Å². The van der Waals surface area contributed by atoms with Crippen molar-refractivity contribution in [3.05, 3.63) is 228 Å². The van der Waals surface area contributed by atoms with Gasteiger partial charge in [-0.3, -0.25) is 0 Å². The van der Waals surface area contributed by atoms with Crippen molar-refractivity contribution < 1.29 is 20.9 Å². The van der Waals surface area contributed by atoms with Crippen LogP contribution in [0.1, 0.15) is 56.2 Å². The number of allylic oxidation sites excluding steroid dienone is 2. The zero-order chi connectivity index (χ0) is 44.5.